The molecule has 0 saturated heterocycles. The summed E-state index contributed by atoms with van der Waals surface area (Å²) in [4.78, 5) is 26.4. The first-order chi connectivity index (χ1) is 8.19. The lowest BCUT2D eigenvalue weighted by Gasteiger charge is -2.11. The van der Waals surface area contributed by atoms with Crippen LogP contribution in [-0.4, -0.2) is 28.2 Å². The van der Waals surface area contributed by atoms with Crippen LogP contribution in [0.3, 0.4) is 0 Å². The molecule has 9 heteroatoms. The van der Waals surface area contributed by atoms with E-state index in [1.165, 1.54) is 6.92 Å². The minimum atomic E-state index is -4.49. The number of hydrogen-bond donors (Lipinski definition) is 1. The predicted octanol–water partition coefficient (Wildman–Crippen LogP) is 0.884. The van der Waals surface area contributed by atoms with Gasteiger partial charge in [-0.05, 0) is 6.92 Å². The Balaban J connectivity index is 2.74. The average Bonchev–Trinajstić information content (AvgIpc) is 2.19. The number of hydrogen-bond acceptors (Lipinski definition) is 3. The van der Waals surface area contributed by atoms with Crippen LogP contribution in [0.4, 0.5) is 13.2 Å². The second-order valence-corrected chi connectivity index (χ2v) is 3.83. The maximum absolute atomic E-state index is 11.9. The number of aromatic nitrogens is 2. The van der Waals surface area contributed by atoms with Crippen molar-refractivity contribution < 1.29 is 18.0 Å². The summed E-state index contributed by atoms with van der Waals surface area (Å²) in [5.74, 6) is -0.781. The zero-order chi connectivity index (χ0) is 13.9. The summed E-state index contributed by atoms with van der Waals surface area (Å²) in [6, 6.07) is 0.978. The van der Waals surface area contributed by atoms with Crippen molar-refractivity contribution in [3.8, 4) is 0 Å². The van der Waals surface area contributed by atoms with Crippen LogP contribution in [0, 0.1) is 6.92 Å². The smallest absolute Gasteiger partial charge is 0.345 e. The number of alkyl halides is 3. The molecule has 0 fully saturated rings. The zero-order valence-corrected chi connectivity index (χ0v) is 9.97. The molecule has 5 nitrogen and oxygen atoms in total. The summed E-state index contributed by atoms with van der Waals surface area (Å²) in [5, 5.41) is 1.62. The van der Waals surface area contributed by atoms with Crippen LogP contribution < -0.4 is 10.9 Å². The second-order valence-electron chi connectivity index (χ2n) is 3.44. The Morgan fingerprint density at radius 2 is 2.17 bits per heavy atom. The molecule has 0 saturated carbocycles. The largest absolute Gasteiger partial charge is 0.405 e. The highest BCUT2D eigenvalue weighted by Gasteiger charge is 2.27. The molecule has 1 rings (SSSR count). The van der Waals surface area contributed by atoms with Gasteiger partial charge in [-0.1, -0.05) is 11.6 Å². The first kappa shape index (κ1) is 14.5. The second kappa shape index (κ2) is 5.38. The number of carbonyl (C=O) groups is 1. The van der Waals surface area contributed by atoms with Crippen molar-refractivity contribution in [2.24, 2.45) is 0 Å². The van der Waals surface area contributed by atoms with Crippen molar-refractivity contribution in [2.75, 3.05) is 6.54 Å². The van der Waals surface area contributed by atoms with Crippen molar-refractivity contribution in [3.05, 3.63) is 27.4 Å². The molecular weight excluding hydrogens is 275 g/mol. The molecule has 0 bridgehead atoms. The third-order valence-electron chi connectivity index (χ3n) is 1.96. The van der Waals surface area contributed by atoms with E-state index in [4.69, 9.17) is 11.6 Å². The molecule has 0 aliphatic heterocycles. The van der Waals surface area contributed by atoms with Gasteiger partial charge < -0.3 is 5.32 Å². The lowest BCUT2D eigenvalue weighted by molar-refractivity contribution is -0.138. The van der Waals surface area contributed by atoms with E-state index in [1.54, 1.807) is 5.32 Å². The van der Waals surface area contributed by atoms with Crippen molar-refractivity contribution >= 4 is 17.5 Å². The maximum atomic E-state index is 11.9. The minimum absolute atomic E-state index is 0.0375. The van der Waals surface area contributed by atoms with Gasteiger partial charge in [0.25, 0.3) is 5.56 Å². The van der Waals surface area contributed by atoms with Gasteiger partial charge in [-0.15, -0.1) is 0 Å². The lowest BCUT2D eigenvalue weighted by atomic mass is 10.4. The fraction of sp³-hybridized carbons (Fsp3) is 0.444. The molecule has 0 aliphatic rings. The summed E-state index contributed by atoms with van der Waals surface area (Å²) in [7, 11) is 0. The van der Waals surface area contributed by atoms with E-state index < -0.39 is 30.7 Å². The van der Waals surface area contributed by atoms with E-state index in [0.717, 1.165) is 10.6 Å². The number of nitrogens with zero attached hydrogens (tertiary/aromatic N) is 2. The minimum Gasteiger partial charge on any atom is -0.345 e. The Hall–Kier alpha value is -1.57. The van der Waals surface area contributed by atoms with Gasteiger partial charge in [-0.2, -0.15) is 13.2 Å². The van der Waals surface area contributed by atoms with Crippen molar-refractivity contribution in [2.45, 2.75) is 19.6 Å². The SMILES string of the molecule is Cc1nc(Cl)cc(=O)n1CC(=O)NCC(F)(F)F. The molecule has 0 spiro atoms. The Morgan fingerprint density at radius 3 is 2.67 bits per heavy atom. The highest BCUT2D eigenvalue weighted by atomic mass is 35.5. The Bertz CT molecular complexity index is 513. The van der Waals surface area contributed by atoms with Crippen molar-refractivity contribution in [1.82, 2.24) is 14.9 Å². The fourth-order valence-electron chi connectivity index (χ4n) is 1.18. The van der Waals surface area contributed by atoms with Crippen LogP contribution in [0.15, 0.2) is 10.9 Å². The van der Waals surface area contributed by atoms with Gasteiger partial charge >= 0.3 is 6.18 Å². The third-order valence-corrected chi connectivity index (χ3v) is 2.15. The standard InChI is InChI=1S/C9H9ClF3N3O2/c1-5-15-6(10)2-8(18)16(5)3-7(17)14-4-9(11,12)13/h2H,3-4H2,1H3,(H,14,17). The number of amides is 1. The van der Waals surface area contributed by atoms with Crippen LogP contribution in [-0.2, 0) is 11.3 Å². The van der Waals surface area contributed by atoms with Crippen LogP contribution in [0.5, 0.6) is 0 Å². The van der Waals surface area contributed by atoms with Gasteiger partial charge in [-0.25, -0.2) is 4.98 Å². The number of halogens is 4. The van der Waals surface area contributed by atoms with E-state index in [2.05, 4.69) is 4.98 Å². The normalized spacial score (nSPS) is 11.4. The molecular formula is C9H9ClF3N3O2. The van der Waals surface area contributed by atoms with Crippen molar-refractivity contribution in [3.63, 3.8) is 0 Å². The summed E-state index contributed by atoms with van der Waals surface area (Å²) in [5.41, 5.74) is -0.602. The topological polar surface area (TPSA) is 64.0 Å². The molecule has 1 aromatic heterocycles. The van der Waals surface area contributed by atoms with Crippen LogP contribution in [0.25, 0.3) is 0 Å². The molecule has 1 N–H and O–H groups in total. The zero-order valence-electron chi connectivity index (χ0n) is 9.21. The van der Waals surface area contributed by atoms with Gasteiger partial charge in [0.05, 0.1) is 0 Å². The number of rotatable bonds is 3. The molecule has 1 amide bonds. The van der Waals surface area contributed by atoms with E-state index in [1.807, 2.05) is 0 Å². The Morgan fingerprint density at radius 1 is 1.56 bits per heavy atom. The third kappa shape index (κ3) is 4.36. The van der Waals surface area contributed by atoms with Crippen LogP contribution in [0.2, 0.25) is 5.15 Å². The quantitative estimate of drug-likeness (QED) is 0.838. The fourth-order valence-corrected chi connectivity index (χ4v) is 1.39. The number of nitrogens with one attached hydrogen (secondary N) is 1. The van der Waals surface area contributed by atoms with Crippen LogP contribution >= 0.6 is 11.6 Å². The molecule has 0 aromatic carbocycles. The van der Waals surface area contributed by atoms with E-state index >= 15 is 0 Å². The van der Waals surface area contributed by atoms with Gasteiger partial charge in [0.2, 0.25) is 5.91 Å². The summed E-state index contributed by atoms with van der Waals surface area (Å²) >= 11 is 5.51. The van der Waals surface area contributed by atoms with Gasteiger partial charge in [-0.3, -0.25) is 14.2 Å². The molecule has 100 valence electrons. The highest BCUT2D eigenvalue weighted by Crippen LogP contribution is 2.12. The summed E-state index contributed by atoms with van der Waals surface area (Å²) in [6.07, 6.45) is -4.49. The Labute approximate surface area is 105 Å². The molecule has 0 aliphatic carbocycles. The van der Waals surface area contributed by atoms with E-state index in [-0.39, 0.29) is 11.0 Å². The monoisotopic (exact) mass is 283 g/mol. The van der Waals surface area contributed by atoms with Gasteiger partial charge in [0, 0.05) is 6.07 Å². The Kier molecular flexibility index (Phi) is 4.33. The maximum Gasteiger partial charge on any atom is 0.405 e. The van der Waals surface area contributed by atoms with E-state index in [0.29, 0.717) is 0 Å². The van der Waals surface area contributed by atoms with E-state index in [9.17, 15) is 22.8 Å². The highest BCUT2D eigenvalue weighted by molar-refractivity contribution is 6.29. The average molecular weight is 284 g/mol. The predicted molar refractivity (Wildman–Crippen MR) is 57.3 cm³/mol. The van der Waals surface area contributed by atoms with Crippen molar-refractivity contribution in [1.29, 1.82) is 0 Å². The molecule has 0 radical (unpaired) electrons. The molecule has 18 heavy (non-hydrogen) atoms. The lowest BCUT2D eigenvalue weighted by Crippen LogP contribution is -2.38. The molecule has 0 unspecified atom stereocenters. The summed E-state index contributed by atoms with van der Waals surface area (Å²) < 4.78 is 36.5. The van der Waals surface area contributed by atoms with Crippen LogP contribution in [0.1, 0.15) is 5.82 Å². The molecule has 1 aromatic rings. The molecule has 0 atom stereocenters. The first-order valence-corrected chi connectivity index (χ1v) is 5.14. The summed E-state index contributed by atoms with van der Waals surface area (Å²) in [6.45, 7) is -0.560. The van der Waals surface area contributed by atoms with Gasteiger partial charge in [0.15, 0.2) is 0 Å². The van der Waals surface area contributed by atoms with Gasteiger partial charge in [0.1, 0.15) is 24.1 Å². The first-order valence-electron chi connectivity index (χ1n) is 4.76. The number of carbonyl (C=O) groups excluding carboxylic acids is 1. The number of aryl methyl sites for hydroxylation is 1. The molecule has 1 heterocycles.